The van der Waals surface area contributed by atoms with Crippen LogP contribution in [-0.4, -0.2) is 231 Å². The summed E-state index contributed by atoms with van der Waals surface area (Å²) in [6.07, 6.45) is -22.3. The van der Waals surface area contributed by atoms with E-state index >= 15 is 0 Å². The van der Waals surface area contributed by atoms with E-state index in [1.807, 2.05) is 0 Å². The van der Waals surface area contributed by atoms with E-state index in [0.717, 1.165) is 89.5 Å². The second-order valence-corrected chi connectivity index (χ2v) is 26.8. The summed E-state index contributed by atoms with van der Waals surface area (Å²) in [5.41, 5.74) is 0.659. The number of hydrogen-bond donors (Lipinski definition) is 8. The van der Waals surface area contributed by atoms with Crippen LogP contribution in [0.25, 0.3) is 6.08 Å². The van der Waals surface area contributed by atoms with E-state index < -0.39 is 190 Å². The molecule has 96 heavy (non-hydrogen) atoms. The number of aliphatic hydroxyl groups excluding tert-OH is 8. The van der Waals surface area contributed by atoms with Crippen LogP contribution < -0.4 is 0 Å². The molecule has 6 aliphatic rings. The van der Waals surface area contributed by atoms with Gasteiger partial charge in [0.25, 0.3) is 0 Å². The van der Waals surface area contributed by atoms with Crippen molar-refractivity contribution in [3.05, 3.63) is 42.0 Å². The maximum absolute atomic E-state index is 14.5. The molecule has 27 atom stereocenters. The standard InChI is InChI=1S/C70H112O26/c1-9-12-14-15-17-21-29-35-48(73)91-64-63(96-66-54(79)52(77)50(75)40(5)83-66)59(93-67-55(80)60(57(41(6)84-67)92-65(82)39(4)11-3)90-49(74)37-36-44-30-25-23-26-31-44)43(8)86-70(64)94-58-42(7)85-68-56(81)61(58)89-47(72)34-28-22-19-16-18-20-27-33-45(32-24-13-10-2)87-69-62(95-68)53(78)51(76)46(38-71)88-69/h23,25-26,30-31,36-37,39-43,45-46,50-64,66-71,75-81H,9-22,24,27-29,32-35,38H2,1-8H3/b37-36+/t39-,40-,41-,42-,43-,45+,46+,50-,51+,52+,53-,54+,55+,56+,57-,58-,59-,60-,61-,62+,63+,64+,66-,67-,68-,69+,70-/m0/s1. The summed E-state index contributed by atoms with van der Waals surface area (Å²) in [5.74, 6) is -3.69. The van der Waals surface area contributed by atoms with Gasteiger partial charge in [-0.05, 0) is 71.4 Å². The SMILES string of the molecule is CCCCCCCCCC(=O)O[C@H]1[C@H](O[C@@H]2[C@H]3OC(=O)CCCCCCCCC[C@@H](CCCCC)O[C@@H]4O[C@H](CO)[C@@H](O)[C@H](O)[C@H]4O[C@H](O[C@H]2C)[C@@H]3O)O[C@@H](C)[C@H](O[C@@H]2O[C@@H](C)[C@H](OC(=O)[C@@H](C)CC)[C@@H](OC(=O)/C=C/c3ccccc3)[C@H]2O)[C@H]1O[C@@H]1O[C@@H](C)[C@H](O)[C@@H](O)[C@H]1O. The maximum Gasteiger partial charge on any atom is 0.331 e. The Morgan fingerprint density at radius 3 is 1.83 bits per heavy atom. The van der Waals surface area contributed by atoms with Crippen molar-refractivity contribution < 1.29 is 126 Å². The molecular weight excluding hydrogens is 1260 g/mol. The minimum absolute atomic E-state index is 0.0669. The van der Waals surface area contributed by atoms with Gasteiger partial charge in [-0.2, -0.15) is 0 Å². The first kappa shape index (κ1) is 79.4. The fraction of sp³-hybridized carbons (Fsp3) is 0.829. The van der Waals surface area contributed by atoms with E-state index in [2.05, 4.69) is 13.8 Å². The zero-order valence-corrected chi connectivity index (χ0v) is 57.3. The molecule has 2 bridgehead atoms. The Morgan fingerprint density at radius 2 is 1.14 bits per heavy atom. The molecule has 548 valence electrons. The fourth-order valence-electron chi connectivity index (χ4n) is 13.0. The van der Waals surface area contributed by atoms with E-state index in [4.69, 9.17) is 66.3 Å². The maximum atomic E-state index is 14.5. The lowest BCUT2D eigenvalue weighted by atomic mass is 9.95. The highest BCUT2D eigenvalue weighted by Crippen LogP contribution is 2.40. The van der Waals surface area contributed by atoms with Gasteiger partial charge in [0, 0.05) is 18.9 Å². The number of unbranched alkanes of at least 4 members (excludes halogenated alkanes) is 8. The Kier molecular flexibility index (Phi) is 33.1. The van der Waals surface area contributed by atoms with Gasteiger partial charge in [0.15, 0.2) is 55.9 Å². The summed E-state index contributed by atoms with van der Waals surface area (Å²) < 4.78 is 89.4. The highest BCUT2D eigenvalue weighted by Gasteiger charge is 2.59. The summed E-state index contributed by atoms with van der Waals surface area (Å²) in [4.78, 5) is 55.9. The van der Waals surface area contributed by atoms with Gasteiger partial charge in [-0.1, -0.05) is 154 Å². The number of fused-ring (bicyclic) bond motifs is 3. The van der Waals surface area contributed by atoms with Crippen molar-refractivity contribution in [3.8, 4) is 0 Å². The van der Waals surface area contributed by atoms with Gasteiger partial charge in [-0.15, -0.1) is 0 Å². The number of carbonyl (C=O) groups excluding carboxylic acids is 4. The number of ether oxygens (including phenoxy) is 14. The predicted octanol–water partition coefficient (Wildman–Crippen LogP) is 5.79. The molecule has 1 aromatic rings. The van der Waals surface area contributed by atoms with E-state index in [9.17, 15) is 60.0 Å². The molecule has 26 nitrogen and oxygen atoms in total. The lowest BCUT2D eigenvalue weighted by molar-refractivity contribution is -0.400. The largest absolute Gasteiger partial charge is 0.456 e. The molecule has 6 aliphatic heterocycles. The normalized spacial score (nSPS) is 38.8. The summed E-state index contributed by atoms with van der Waals surface area (Å²) in [5, 5.41) is 92.1. The average molecular weight is 1370 g/mol. The third kappa shape index (κ3) is 22.3. The Balaban J connectivity index is 1.26. The Morgan fingerprint density at radius 1 is 0.531 bits per heavy atom. The first-order valence-corrected chi connectivity index (χ1v) is 35.5. The van der Waals surface area contributed by atoms with Crippen molar-refractivity contribution in [2.45, 2.75) is 356 Å². The van der Waals surface area contributed by atoms with Crippen LogP contribution in [0, 0.1) is 5.92 Å². The molecule has 0 aromatic heterocycles. The minimum Gasteiger partial charge on any atom is -0.456 e. The van der Waals surface area contributed by atoms with Crippen LogP contribution in [0.4, 0.5) is 0 Å². The molecule has 26 heteroatoms. The average Bonchev–Trinajstić information content (AvgIpc) is 0.771. The van der Waals surface area contributed by atoms with E-state index in [-0.39, 0.29) is 18.9 Å². The molecule has 6 saturated heterocycles. The van der Waals surface area contributed by atoms with Crippen molar-refractivity contribution in [3.63, 3.8) is 0 Å². The molecule has 8 N–H and O–H groups in total. The molecular formula is C70H112O26. The Labute approximate surface area is 565 Å². The van der Waals surface area contributed by atoms with Crippen LogP contribution in [0.15, 0.2) is 36.4 Å². The molecule has 7 rings (SSSR count). The predicted molar refractivity (Wildman–Crippen MR) is 342 cm³/mol. The number of carbonyl (C=O) groups is 4. The quantitative estimate of drug-likeness (QED) is 0.0235. The van der Waals surface area contributed by atoms with Crippen molar-refractivity contribution in [2.75, 3.05) is 6.61 Å². The number of hydrogen-bond acceptors (Lipinski definition) is 26. The van der Waals surface area contributed by atoms with Gasteiger partial charge in [0.05, 0.1) is 43.0 Å². The summed E-state index contributed by atoms with van der Waals surface area (Å²) in [6, 6.07) is 8.87. The molecule has 0 amide bonds. The van der Waals surface area contributed by atoms with Gasteiger partial charge in [-0.3, -0.25) is 14.4 Å². The molecule has 1 aromatic carbocycles. The number of rotatable bonds is 26. The molecule has 6 fully saturated rings. The molecule has 0 unspecified atom stereocenters. The molecule has 0 saturated carbocycles. The first-order valence-electron chi connectivity index (χ1n) is 35.5. The Bertz CT molecular complexity index is 2480. The summed E-state index contributed by atoms with van der Waals surface area (Å²) in [7, 11) is 0. The summed E-state index contributed by atoms with van der Waals surface area (Å²) in [6.45, 7) is 12.9. The number of benzene rings is 1. The Hall–Kier alpha value is -3.88. The third-order valence-electron chi connectivity index (χ3n) is 19.1. The van der Waals surface area contributed by atoms with Crippen LogP contribution in [0.3, 0.4) is 0 Å². The van der Waals surface area contributed by atoms with Crippen LogP contribution in [-0.2, 0) is 85.5 Å². The lowest BCUT2D eigenvalue weighted by Gasteiger charge is -2.51. The lowest BCUT2D eigenvalue weighted by Crippen LogP contribution is -2.68. The number of aliphatic hydroxyl groups is 8. The second-order valence-electron chi connectivity index (χ2n) is 26.8. The van der Waals surface area contributed by atoms with E-state index in [1.165, 1.54) is 33.8 Å². The van der Waals surface area contributed by atoms with Crippen molar-refractivity contribution in [1.82, 2.24) is 0 Å². The van der Waals surface area contributed by atoms with Gasteiger partial charge in [0.2, 0.25) is 0 Å². The monoisotopic (exact) mass is 1370 g/mol. The fourth-order valence-corrected chi connectivity index (χ4v) is 13.0. The first-order chi connectivity index (χ1) is 46.1. The number of esters is 4. The zero-order valence-electron chi connectivity index (χ0n) is 57.3. The third-order valence-corrected chi connectivity index (χ3v) is 19.1. The molecule has 0 radical (unpaired) electrons. The second kappa shape index (κ2) is 39.9. The topological polar surface area (TPSA) is 359 Å². The van der Waals surface area contributed by atoms with Crippen LogP contribution >= 0.6 is 0 Å². The highest BCUT2D eigenvalue weighted by molar-refractivity contribution is 5.87. The van der Waals surface area contributed by atoms with E-state index in [1.54, 1.807) is 44.2 Å². The minimum atomic E-state index is -1.96. The molecule has 6 heterocycles. The van der Waals surface area contributed by atoms with Gasteiger partial charge in [-0.25, -0.2) is 4.79 Å². The van der Waals surface area contributed by atoms with Gasteiger partial charge < -0.3 is 107 Å². The van der Waals surface area contributed by atoms with E-state index in [0.29, 0.717) is 50.5 Å². The highest BCUT2D eigenvalue weighted by atomic mass is 16.8. The smallest absolute Gasteiger partial charge is 0.331 e. The van der Waals surface area contributed by atoms with Crippen LogP contribution in [0.2, 0.25) is 0 Å². The molecule has 0 spiro atoms. The van der Waals surface area contributed by atoms with Crippen molar-refractivity contribution in [2.24, 2.45) is 5.92 Å². The summed E-state index contributed by atoms with van der Waals surface area (Å²) >= 11 is 0. The van der Waals surface area contributed by atoms with Crippen LogP contribution in [0.1, 0.15) is 202 Å². The molecule has 0 aliphatic carbocycles. The van der Waals surface area contributed by atoms with Gasteiger partial charge >= 0.3 is 23.9 Å². The zero-order chi connectivity index (χ0) is 69.6. The van der Waals surface area contributed by atoms with Crippen LogP contribution in [0.5, 0.6) is 0 Å². The van der Waals surface area contributed by atoms with Crippen molar-refractivity contribution in [1.29, 1.82) is 0 Å². The van der Waals surface area contributed by atoms with Gasteiger partial charge in [0.1, 0.15) is 73.2 Å². The van der Waals surface area contributed by atoms with Crippen molar-refractivity contribution >= 4 is 30.0 Å².